The van der Waals surface area contributed by atoms with Gasteiger partial charge in [0.1, 0.15) is 5.75 Å². The molecule has 1 fully saturated rings. The number of rotatable bonds is 7. The van der Waals surface area contributed by atoms with Gasteiger partial charge in [-0.05, 0) is 36.3 Å². The maximum absolute atomic E-state index is 12.1. The Hall–Kier alpha value is -1.55. The summed E-state index contributed by atoms with van der Waals surface area (Å²) in [4.78, 5) is 12.1. The molecule has 0 aliphatic heterocycles. The second-order valence-corrected chi connectivity index (χ2v) is 5.59. The summed E-state index contributed by atoms with van der Waals surface area (Å²) in [6, 6.07) is 7.99. The minimum atomic E-state index is 0.0748. The molecule has 0 aromatic heterocycles. The summed E-state index contributed by atoms with van der Waals surface area (Å²) in [6.45, 7) is 2.57. The summed E-state index contributed by atoms with van der Waals surface area (Å²) in [5, 5.41) is 3.06. The van der Waals surface area contributed by atoms with Crippen LogP contribution in [0.2, 0.25) is 0 Å². The van der Waals surface area contributed by atoms with Crippen LogP contribution < -0.4 is 15.8 Å². The minimum absolute atomic E-state index is 0.0748. The van der Waals surface area contributed by atoms with E-state index in [1.807, 2.05) is 31.2 Å². The number of nitrogens with one attached hydrogen (secondary N) is 1. The van der Waals surface area contributed by atoms with Gasteiger partial charge in [-0.15, -0.1) is 0 Å². The molecule has 0 spiro atoms. The number of amides is 1. The third-order valence-electron chi connectivity index (χ3n) is 3.95. The van der Waals surface area contributed by atoms with E-state index in [1.54, 1.807) is 7.11 Å². The summed E-state index contributed by atoms with van der Waals surface area (Å²) in [6.07, 6.45) is 2.83. The van der Waals surface area contributed by atoms with Crippen molar-refractivity contribution < 1.29 is 9.53 Å². The predicted molar refractivity (Wildman–Crippen MR) is 79.7 cm³/mol. The van der Waals surface area contributed by atoms with Crippen LogP contribution >= 0.6 is 0 Å². The number of hydrogen-bond acceptors (Lipinski definition) is 3. The zero-order valence-electron chi connectivity index (χ0n) is 12.3. The zero-order valence-corrected chi connectivity index (χ0v) is 12.3. The maximum Gasteiger partial charge on any atom is 0.220 e. The lowest BCUT2D eigenvalue weighted by Gasteiger charge is -2.19. The van der Waals surface area contributed by atoms with Crippen LogP contribution in [0.4, 0.5) is 0 Å². The van der Waals surface area contributed by atoms with E-state index in [1.165, 1.54) is 12.8 Å². The van der Waals surface area contributed by atoms with E-state index in [9.17, 15) is 4.79 Å². The lowest BCUT2D eigenvalue weighted by atomic mass is 9.96. The largest absolute Gasteiger partial charge is 0.496 e. The molecule has 2 atom stereocenters. The van der Waals surface area contributed by atoms with Crippen molar-refractivity contribution in [3.8, 4) is 5.75 Å². The third kappa shape index (κ3) is 3.73. The molecule has 0 radical (unpaired) electrons. The monoisotopic (exact) mass is 276 g/mol. The highest BCUT2D eigenvalue weighted by Gasteiger charge is 2.31. The third-order valence-corrected chi connectivity index (χ3v) is 3.95. The van der Waals surface area contributed by atoms with Crippen molar-refractivity contribution in [2.45, 2.75) is 38.1 Å². The van der Waals surface area contributed by atoms with Gasteiger partial charge in [-0.3, -0.25) is 4.79 Å². The summed E-state index contributed by atoms with van der Waals surface area (Å²) >= 11 is 0. The van der Waals surface area contributed by atoms with Crippen LogP contribution in [-0.2, 0) is 4.79 Å². The quantitative estimate of drug-likeness (QED) is 0.801. The number of nitrogens with two attached hydrogens (primary N) is 1. The van der Waals surface area contributed by atoms with E-state index in [0.717, 1.165) is 11.3 Å². The Labute approximate surface area is 120 Å². The maximum atomic E-state index is 12.1. The minimum Gasteiger partial charge on any atom is -0.496 e. The highest BCUT2D eigenvalue weighted by atomic mass is 16.5. The van der Waals surface area contributed by atoms with Crippen molar-refractivity contribution in [1.82, 2.24) is 5.32 Å². The van der Waals surface area contributed by atoms with E-state index < -0.39 is 0 Å². The van der Waals surface area contributed by atoms with Gasteiger partial charge in [0.15, 0.2) is 0 Å². The average molecular weight is 276 g/mol. The number of benzene rings is 1. The van der Waals surface area contributed by atoms with Crippen LogP contribution in [0.1, 0.15) is 37.7 Å². The van der Waals surface area contributed by atoms with Gasteiger partial charge in [0.05, 0.1) is 7.11 Å². The summed E-state index contributed by atoms with van der Waals surface area (Å²) < 4.78 is 5.35. The normalized spacial score (nSPS) is 17.4. The van der Waals surface area contributed by atoms with Crippen molar-refractivity contribution in [3.63, 3.8) is 0 Å². The molecule has 20 heavy (non-hydrogen) atoms. The smallest absolute Gasteiger partial charge is 0.220 e. The fourth-order valence-electron chi connectivity index (χ4n) is 2.60. The summed E-state index contributed by atoms with van der Waals surface area (Å²) in [7, 11) is 1.66. The summed E-state index contributed by atoms with van der Waals surface area (Å²) in [5.74, 6) is 1.63. The van der Waals surface area contributed by atoms with Crippen molar-refractivity contribution in [1.29, 1.82) is 0 Å². The number of para-hydroxylation sites is 1. The molecule has 0 heterocycles. The molecule has 1 saturated carbocycles. The molecule has 1 aromatic carbocycles. The molecule has 4 nitrogen and oxygen atoms in total. The molecule has 1 aliphatic rings. The first-order chi connectivity index (χ1) is 9.65. The van der Waals surface area contributed by atoms with Crippen LogP contribution in [0.3, 0.4) is 0 Å². The molecule has 1 aliphatic carbocycles. The Morgan fingerprint density at radius 3 is 2.75 bits per heavy atom. The predicted octanol–water partition coefficient (Wildman–Crippen LogP) is 2.04. The Morgan fingerprint density at radius 1 is 1.45 bits per heavy atom. The van der Waals surface area contributed by atoms with E-state index in [2.05, 4.69) is 5.32 Å². The number of carbonyl (C=O) groups is 1. The standard InChI is InChI=1S/C16H24N2O2/c1-11(13-5-3-4-6-15(13)20-2)9-16(19)18-14(10-17)12-7-8-12/h3-6,11-12,14H,7-10,17H2,1-2H3,(H,18,19). The van der Waals surface area contributed by atoms with E-state index in [4.69, 9.17) is 10.5 Å². The Bertz CT molecular complexity index is 458. The second-order valence-electron chi connectivity index (χ2n) is 5.59. The van der Waals surface area contributed by atoms with Crippen molar-refractivity contribution in [3.05, 3.63) is 29.8 Å². The fourth-order valence-corrected chi connectivity index (χ4v) is 2.60. The SMILES string of the molecule is COc1ccccc1C(C)CC(=O)NC(CN)C1CC1. The Kier molecular flexibility index (Phi) is 5.01. The highest BCUT2D eigenvalue weighted by molar-refractivity contribution is 5.77. The van der Waals surface area contributed by atoms with Gasteiger partial charge < -0.3 is 15.8 Å². The first kappa shape index (κ1) is 14.9. The fraction of sp³-hybridized carbons (Fsp3) is 0.562. The molecule has 2 unspecified atom stereocenters. The first-order valence-corrected chi connectivity index (χ1v) is 7.28. The Balaban J connectivity index is 1.92. The zero-order chi connectivity index (χ0) is 14.5. The highest BCUT2D eigenvalue weighted by Crippen LogP contribution is 2.33. The van der Waals surface area contributed by atoms with Gasteiger partial charge in [-0.2, -0.15) is 0 Å². The van der Waals surface area contributed by atoms with Gasteiger partial charge in [-0.25, -0.2) is 0 Å². The van der Waals surface area contributed by atoms with Gasteiger partial charge in [0.2, 0.25) is 5.91 Å². The molecule has 1 aromatic rings. The number of carbonyl (C=O) groups excluding carboxylic acids is 1. The molecule has 1 amide bonds. The van der Waals surface area contributed by atoms with Gasteiger partial charge in [-0.1, -0.05) is 25.1 Å². The van der Waals surface area contributed by atoms with E-state index >= 15 is 0 Å². The molecule has 0 bridgehead atoms. The van der Waals surface area contributed by atoms with Gasteiger partial charge >= 0.3 is 0 Å². The topological polar surface area (TPSA) is 64.3 Å². The molecular weight excluding hydrogens is 252 g/mol. The lowest BCUT2D eigenvalue weighted by Crippen LogP contribution is -2.42. The second kappa shape index (κ2) is 6.75. The van der Waals surface area contributed by atoms with E-state index in [0.29, 0.717) is 18.9 Å². The molecule has 3 N–H and O–H groups in total. The van der Waals surface area contributed by atoms with Crippen LogP contribution in [-0.4, -0.2) is 25.6 Å². The van der Waals surface area contributed by atoms with E-state index in [-0.39, 0.29) is 17.9 Å². The van der Waals surface area contributed by atoms with Crippen LogP contribution in [0.15, 0.2) is 24.3 Å². The molecule has 4 heteroatoms. The van der Waals surface area contributed by atoms with Crippen LogP contribution in [0.25, 0.3) is 0 Å². The van der Waals surface area contributed by atoms with Gasteiger partial charge in [0.25, 0.3) is 0 Å². The number of hydrogen-bond donors (Lipinski definition) is 2. The average Bonchev–Trinajstić information content (AvgIpc) is 3.29. The molecule has 0 saturated heterocycles. The van der Waals surface area contributed by atoms with Crippen LogP contribution in [0, 0.1) is 5.92 Å². The molecular formula is C16H24N2O2. The Morgan fingerprint density at radius 2 is 2.15 bits per heavy atom. The van der Waals surface area contributed by atoms with Crippen molar-refractivity contribution in [2.24, 2.45) is 11.7 Å². The molecule has 2 rings (SSSR count). The number of ether oxygens (including phenoxy) is 1. The molecule has 110 valence electrons. The summed E-state index contributed by atoms with van der Waals surface area (Å²) in [5.41, 5.74) is 6.79. The van der Waals surface area contributed by atoms with Crippen molar-refractivity contribution >= 4 is 5.91 Å². The lowest BCUT2D eigenvalue weighted by molar-refractivity contribution is -0.122. The first-order valence-electron chi connectivity index (χ1n) is 7.28. The van der Waals surface area contributed by atoms with Crippen LogP contribution in [0.5, 0.6) is 5.75 Å². The number of methoxy groups -OCH3 is 1. The van der Waals surface area contributed by atoms with Gasteiger partial charge in [0, 0.05) is 19.0 Å². The van der Waals surface area contributed by atoms with Crippen molar-refractivity contribution in [2.75, 3.05) is 13.7 Å².